The van der Waals surface area contributed by atoms with E-state index < -0.39 is 12.0 Å². The number of rotatable bonds is 4. The Bertz CT molecular complexity index is 455. The molecule has 1 aromatic rings. The van der Waals surface area contributed by atoms with Gasteiger partial charge >= 0.3 is 5.97 Å². The van der Waals surface area contributed by atoms with Gasteiger partial charge in [0.15, 0.2) is 0 Å². The van der Waals surface area contributed by atoms with E-state index in [1.165, 1.54) is 4.90 Å². The van der Waals surface area contributed by atoms with Crippen LogP contribution in [0.2, 0.25) is 0 Å². The van der Waals surface area contributed by atoms with E-state index >= 15 is 0 Å². The molecule has 2 heterocycles. The third-order valence-electron chi connectivity index (χ3n) is 3.18. The zero-order valence-electron chi connectivity index (χ0n) is 10.4. The zero-order chi connectivity index (χ0) is 13.1. The second-order valence-corrected chi connectivity index (χ2v) is 4.61. The number of carboxylic acid groups (broad SMARTS) is 1. The molecule has 0 aliphatic carbocycles. The molecule has 1 atom stereocenters. The second kappa shape index (κ2) is 5.20. The quantitative estimate of drug-likeness (QED) is 0.852. The van der Waals surface area contributed by atoms with Crippen molar-refractivity contribution < 1.29 is 14.7 Å². The van der Waals surface area contributed by atoms with Crippen LogP contribution in [0.3, 0.4) is 0 Å². The van der Waals surface area contributed by atoms with E-state index in [2.05, 4.69) is 5.10 Å². The van der Waals surface area contributed by atoms with E-state index in [-0.39, 0.29) is 5.91 Å². The molecule has 6 heteroatoms. The molecule has 0 saturated carbocycles. The number of carbonyl (C=O) groups excluding carboxylic acids is 1. The van der Waals surface area contributed by atoms with Gasteiger partial charge in [0.25, 0.3) is 0 Å². The van der Waals surface area contributed by atoms with Crippen molar-refractivity contribution in [2.24, 2.45) is 0 Å². The highest BCUT2D eigenvalue weighted by molar-refractivity contribution is 5.84. The molecule has 0 unspecified atom stereocenters. The van der Waals surface area contributed by atoms with Gasteiger partial charge < -0.3 is 10.0 Å². The van der Waals surface area contributed by atoms with Crippen LogP contribution in [0, 0.1) is 6.92 Å². The van der Waals surface area contributed by atoms with Crippen LogP contribution in [0.5, 0.6) is 0 Å². The lowest BCUT2D eigenvalue weighted by atomic mass is 10.2. The lowest BCUT2D eigenvalue weighted by Crippen LogP contribution is -2.40. The van der Waals surface area contributed by atoms with Crippen LogP contribution in [0.15, 0.2) is 12.4 Å². The van der Waals surface area contributed by atoms with Gasteiger partial charge in [-0.05, 0) is 25.3 Å². The molecule has 1 fully saturated rings. The number of aromatic nitrogens is 2. The van der Waals surface area contributed by atoms with Crippen molar-refractivity contribution in [2.45, 2.75) is 38.8 Å². The van der Waals surface area contributed by atoms with Crippen LogP contribution in [-0.2, 0) is 16.1 Å². The number of amides is 1. The topological polar surface area (TPSA) is 75.4 Å². The molecule has 1 aliphatic heterocycles. The summed E-state index contributed by atoms with van der Waals surface area (Å²) < 4.78 is 1.71. The fourth-order valence-electron chi connectivity index (χ4n) is 2.26. The number of aryl methyl sites for hydroxylation is 2. The van der Waals surface area contributed by atoms with Gasteiger partial charge in [0.2, 0.25) is 5.91 Å². The third kappa shape index (κ3) is 2.69. The van der Waals surface area contributed by atoms with Crippen molar-refractivity contribution in [1.82, 2.24) is 14.7 Å². The Hall–Kier alpha value is -1.85. The number of aliphatic carboxylic acids is 1. The molecule has 6 nitrogen and oxygen atoms in total. The smallest absolute Gasteiger partial charge is 0.326 e. The minimum absolute atomic E-state index is 0.104. The summed E-state index contributed by atoms with van der Waals surface area (Å²) in [5, 5.41) is 13.1. The molecule has 0 radical (unpaired) electrons. The number of hydrogen-bond donors (Lipinski definition) is 1. The van der Waals surface area contributed by atoms with Crippen molar-refractivity contribution in [3.8, 4) is 0 Å². The van der Waals surface area contributed by atoms with Gasteiger partial charge in [0.05, 0.1) is 6.20 Å². The molecule has 1 aromatic heterocycles. The molecule has 0 bridgehead atoms. The normalized spacial score (nSPS) is 19.2. The van der Waals surface area contributed by atoms with Crippen molar-refractivity contribution in [3.63, 3.8) is 0 Å². The van der Waals surface area contributed by atoms with Gasteiger partial charge in [0, 0.05) is 25.7 Å². The fraction of sp³-hybridized carbons (Fsp3) is 0.583. The lowest BCUT2D eigenvalue weighted by molar-refractivity contribution is -0.148. The van der Waals surface area contributed by atoms with Gasteiger partial charge in [-0.3, -0.25) is 9.48 Å². The van der Waals surface area contributed by atoms with Gasteiger partial charge in [-0.1, -0.05) is 0 Å². The molecule has 1 saturated heterocycles. The standard InChI is InChI=1S/C12H17N3O3/c1-9-7-13-14(8-9)6-4-11(16)15-5-2-3-10(15)12(17)18/h7-8,10H,2-6H2,1H3,(H,17,18)/t10-/m0/s1. The van der Waals surface area contributed by atoms with E-state index in [0.717, 1.165) is 12.0 Å². The van der Waals surface area contributed by atoms with E-state index in [4.69, 9.17) is 5.11 Å². The van der Waals surface area contributed by atoms with Gasteiger partial charge in [-0.15, -0.1) is 0 Å². The number of carboxylic acids is 1. The minimum Gasteiger partial charge on any atom is -0.480 e. The van der Waals surface area contributed by atoms with Gasteiger partial charge in [-0.25, -0.2) is 4.79 Å². The summed E-state index contributed by atoms with van der Waals surface area (Å²) in [6.45, 7) is 2.98. The number of likely N-dealkylation sites (tertiary alicyclic amines) is 1. The SMILES string of the molecule is Cc1cnn(CCC(=O)N2CCC[C@H]2C(=O)O)c1. The van der Waals surface area contributed by atoms with Gasteiger partial charge in [-0.2, -0.15) is 5.10 Å². The lowest BCUT2D eigenvalue weighted by Gasteiger charge is -2.21. The van der Waals surface area contributed by atoms with Crippen molar-refractivity contribution in [2.75, 3.05) is 6.54 Å². The van der Waals surface area contributed by atoms with E-state index in [1.807, 2.05) is 13.1 Å². The summed E-state index contributed by atoms with van der Waals surface area (Å²) >= 11 is 0. The summed E-state index contributed by atoms with van der Waals surface area (Å²) in [4.78, 5) is 24.4. The summed E-state index contributed by atoms with van der Waals surface area (Å²) in [6, 6.07) is -0.642. The maximum absolute atomic E-state index is 12.0. The number of nitrogens with zero attached hydrogens (tertiary/aromatic N) is 3. The summed E-state index contributed by atoms with van der Waals surface area (Å²) in [6.07, 6.45) is 5.22. The van der Waals surface area contributed by atoms with Crippen molar-refractivity contribution in [3.05, 3.63) is 18.0 Å². The largest absolute Gasteiger partial charge is 0.480 e. The molecule has 18 heavy (non-hydrogen) atoms. The predicted molar refractivity (Wildman–Crippen MR) is 64.0 cm³/mol. The Labute approximate surface area is 105 Å². The molecule has 1 aliphatic rings. The highest BCUT2D eigenvalue weighted by atomic mass is 16.4. The molecule has 1 N–H and O–H groups in total. The van der Waals surface area contributed by atoms with Crippen LogP contribution >= 0.6 is 0 Å². The second-order valence-electron chi connectivity index (χ2n) is 4.61. The van der Waals surface area contributed by atoms with Crippen LogP contribution in [0.4, 0.5) is 0 Å². The molecule has 0 spiro atoms. The molecule has 98 valence electrons. The van der Waals surface area contributed by atoms with Crippen LogP contribution < -0.4 is 0 Å². The Morgan fingerprint density at radius 1 is 1.56 bits per heavy atom. The summed E-state index contributed by atoms with van der Waals surface area (Å²) in [5.41, 5.74) is 1.05. The Kier molecular flexibility index (Phi) is 3.64. The first-order chi connectivity index (χ1) is 8.58. The molecule has 2 rings (SSSR count). The summed E-state index contributed by atoms with van der Waals surface area (Å²) in [7, 11) is 0. The maximum atomic E-state index is 12.0. The molecule has 1 amide bonds. The molecule has 0 aromatic carbocycles. The first-order valence-corrected chi connectivity index (χ1v) is 6.09. The van der Waals surface area contributed by atoms with Crippen molar-refractivity contribution in [1.29, 1.82) is 0 Å². The minimum atomic E-state index is -0.907. The molecular weight excluding hydrogens is 234 g/mol. The Morgan fingerprint density at radius 2 is 2.33 bits per heavy atom. The maximum Gasteiger partial charge on any atom is 0.326 e. The Balaban J connectivity index is 1.89. The van der Waals surface area contributed by atoms with Crippen LogP contribution in [-0.4, -0.2) is 44.3 Å². The van der Waals surface area contributed by atoms with E-state index in [1.54, 1.807) is 10.9 Å². The zero-order valence-corrected chi connectivity index (χ0v) is 10.4. The van der Waals surface area contributed by atoms with Gasteiger partial charge in [0.1, 0.15) is 6.04 Å². The Morgan fingerprint density at radius 3 is 2.94 bits per heavy atom. The van der Waals surface area contributed by atoms with Crippen LogP contribution in [0.25, 0.3) is 0 Å². The number of hydrogen-bond acceptors (Lipinski definition) is 3. The predicted octanol–water partition coefficient (Wildman–Crippen LogP) is 0.657. The average molecular weight is 251 g/mol. The van der Waals surface area contributed by atoms with Crippen LogP contribution in [0.1, 0.15) is 24.8 Å². The van der Waals surface area contributed by atoms with Crippen molar-refractivity contribution >= 4 is 11.9 Å². The monoisotopic (exact) mass is 251 g/mol. The first-order valence-electron chi connectivity index (χ1n) is 6.09. The molecular formula is C12H17N3O3. The highest BCUT2D eigenvalue weighted by Crippen LogP contribution is 2.18. The fourth-order valence-corrected chi connectivity index (χ4v) is 2.26. The number of carbonyl (C=O) groups is 2. The summed E-state index contributed by atoms with van der Waals surface area (Å²) in [5.74, 6) is -1.01. The first kappa shape index (κ1) is 12.6. The van der Waals surface area contributed by atoms with E-state index in [0.29, 0.717) is 25.9 Å². The van der Waals surface area contributed by atoms with E-state index in [9.17, 15) is 9.59 Å². The highest BCUT2D eigenvalue weighted by Gasteiger charge is 2.33. The average Bonchev–Trinajstić information content (AvgIpc) is 2.94. The third-order valence-corrected chi connectivity index (χ3v) is 3.18.